The van der Waals surface area contributed by atoms with E-state index in [4.69, 9.17) is 9.47 Å². The molecular formula is C45H56N8O8. The van der Waals surface area contributed by atoms with Crippen molar-refractivity contribution in [3.63, 3.8) is 0 Å². The number of methoxy groups -OCH3 is 2. The molecule has 16 heteroatoms. The summed E-state index contributed by atoms with van der Waals surface area (Å²) in [6.07, 6.45) is 6.00. The standard InChI is InChI=1S/C45H56N8O8/c1-46-45(59)52-16-12-29-32(23-48(2)42(56)33(29)24-52)27-19-38(60-3)34(39(20-27)61-4)25-51-18-17-50(36-22-37(36)51)15-11-26-9-13-49(14-10-26)28-5-6-30-31(21-28)44(58)53(43(30)57)35-7-8-40(54)47-41(35)55/h5-6,19-21,23,26,35-37,43,57H,7-18,22,24-25H2,1-4H3,(H,46,59)(H,47,54,55). The van der Waals surface area contributed by atoms with Crippen LogP contribution in [-0.2, 0) is 36.1 Å². The second-order valence-corrected chi connectivity index (χ2v) is 17.4. The molecular weight excluding hydrogens is 781 g/mol. The molecule has 3 N–H and O–H groups in total. The smallest absolute Gasteiger partial charge is 0.317 e. The Hall–Kier alpha value is -5.45. The molecule has 4 atom stereocenters. The molecule has 61 heavy (non-hydrogen) atoms. The summed E-state index contributed by atoms with van der Waals surface area (Å²) < 4.78 is 13.6. The van der Waals surface area contributed by atoms with Gasteiger partial charge in [0.25, 0.3) is 11.5 Å². The zero-order valence-electron chi connectivity index (χ0n) is 35.4. The zero-order chi connectivity index (χ0) is 42.7. The number of nitrogens with zero attached hydrogens (tertiary/aromatic N) is 6. The van der Waals surface area contributed by atoms with Crippen molar-refractivity contribution < 1.29 is 33.8 Å². The Bertz CT molecular complexity index is 2300. The maximum absolute atomic E-state index is 13.4. The summed E-state index contributed by atoms with van der Waals surface area (Å²) in [5.41, 5.74) is 6.24. The molecule has 1 aromatic heterocycles. The number of urea groups is 1. The van der Waals surface area contributed by atoms with Crippen LogP contribution in [0.15, 0.2) is 41.3 Å². The number of rotatable bonds is 10. The molecule has 6 aliphatic rings. The Morgan fingerprint density at radius 1 is 0.885 bits per heavy atom. The molecule has 0 radical (unpaired) electrons. The fourth-order valence-electron chi connectivity index (χ4n) is 10.5. The van der Waals surface area contributed by atoms with Gasteiger partial charge in [0.1, 0.15) is 17.5 Å². The maximum atomic E-state index is 13.4. The van der Waals surface area contributed by atoms with Gasteiger partial charge in [0.2, 0.25) is 11.8 Å². The van der Waals surface area contributed by atoms with Crippen LogP contribution in [0.2, 0.25) is 0 Å². The molecule has 324 valence electrons. The minimum absolute atomic E-state index is 0.0940. The molecule has 3 saturated heterocycles. The van der Waals surface area contributed by atoms with Gasteiger partial charge in [0, 0.05) is 106 Å². The van der Waals surface area contributed by atoms with E-state index < -0.39 is 18.2 Å². The number of aliphatic hydroxyl groups excluding tert-OH is 1. The molecule has 1 aliphatic carbocycles. The Kier molecular flexibility index (Phi) is 11.0. The van der Waals surface area contributed by atoms with Crippen LogP contribution in [0.25, 0.3) is 11.1 Å². The lowest BCUT2D eigenvalue weighted by molar-refractivity contribution is -0.139. The lowest BCUT2D eigenvalue weighted by atomic mass is 9.91. The van der Waals surface area contributed by atoms with E-state index in [-0.39, 0.29) is 42.8 Å². The quantitative estimate of drug-likeness (QED) is 0.257. The fourth-order valence-corrected chi connectivity index (χ4v) is 10.5. The van der Waals surface area contributed by atoms with Crippen molar-refractivity contribution in [2.75, 3.05) is 65.4 Å². The van der Waals surface area contributed by atoms with Crippen LogP contribution in [0.1, 0.15) is 77.4 Å². The second kappa shape index (κ2) is 16.4. The molecule has 5 amide bonds. The molecule has 0 bridgehead atoms. The second-order valence-electron chi connectivity index (χ2n) is 17.4. The summed E-state index contributed by atoms with van der Waals surface area (Å²) >= 11 is 0. The van der Waals surface area contributed by atoms with Crippen LogP contribution < -0.4 is 30.6 Å². The third-order valence-corrected chi connectivity index (χ3v) is 14.1. The first-order chi connectivity index (χ1) is 29.5. The molecule has 0 spiro atoms. The number of nitrogens with one attached hydrogen (secondary N) is 2. The number of hydrogen-bond acceptors (Lipinski definition) is 11. The van der Waals surface area contributed by atoms with E-state index in [1.807, 2.05) is 18.3 Å². The third-order valence-electron chi connectivity index (χ3n) is 14.1. The number of carbonyl (C=O) groups excluding carboxylic acids is 4. The van der Waals surface area contributed by atoms with Gasteiger partial charge in [0.15, 0.2) is 6.23 Å². The Labute approximate surface area is 355 Å². The maximum Gasteiger partial charge on any atom is 0.317 e. The summed E-state index contributed by atoms with van der Waals surface area (Å²) in [4.78, 5) is 73.7. The van der Waals surface area contributed by atoms with Crippen molar-refractivity contribution in [2.24, 2.45) is 13.0 Å². The summed E-state index contributed by atoms with van der Waals surface area (Å²) in [7, 11) is 6.74. The fraction of sp³-hybridized carbons (Fsp3) is 0.533. The van der Waals surface area contributed by atoms with Crippen LogP contribution in [0.3, 0.4) is 0 Å². The van der Waals surface area contributed by atoms with E-state index in [9.17, 15) is 29.1 Å². The van der Waals surface area contributed by atoms with Gasteiger partial charge in [0.05, 0.1) is 26.3 Å². The topological polar surface area (TPSA) is 169 Å². The van der Waals surface area contributed by atoms with Crippen molar-refractivity contribution in [2.45, 2.75) is 82.4 Å². The van der Waals surface area contributed by atoms with E-state index in [0.29, 0.717) is 47.7 Å². The minimum atomic E-state index is -1.21. The number of amides is 5. The van der Waals surface area contributed by atoms with Crippen molar-refractivity contribution in [1.29, 1.82) is 0 Å². The predicted octanol–water partition coefficient (Wildman–Crippen LogP) is 2.58. The summed E-state index contributed by atoms with van der Waals surface area (Å²) in [6, 6.07) is 9.67. The monoisotopic (exact) mass is 836 g/mol. The van der Waals surface area contributed by atoms with Crippen LogP contribution in [-0.4, -0.2) is 132 Å². The Morgan fingerprint density at radius 2 is 1.61 bits per heavy atom. The highest BCUT2D eigenvalue weighted by Gasteiger charge is 2.49. The number of piperidine rings is 2. The first-order valence-corrected chi connectivity index (χ1v) is 21.6. The number of anilines is 1. The molecule has 3 aromatic rings. The summed E-state index contributed by atoms with van der Waals surface area (Å²) in [5, 5.41) is 16.0. The highest BCUT2D eigenvalue weighted by Crippen LogP contribution is 2.43. The highest BCUT2D eigenvalue weighted by molar-refractivity contribution is 6.06. The number of fused-ring (bicyclic) bond motifs is 3. The molecule has 5 aliphatic heterocycles. The first-order valence-electron chi connectivity index (χ1n) is 21.6. The van der Waals surface area contributed by atoms with E-state index >= 15 is 0 Å². The largest absolute Gasteiger partial charge is 0.496 e. The molecule has 9 rings (SSSR count). The normalized spacial score (nSPS) is 24.3. The van der Waals surface area contributed by atoms with E-state index in [1.165, 1.54) is 4.90 Å². The van der Waals surface area contributed by atoms with Crippen LogP contribution >= 0.6 is 0 Å². The zero-order valence-corrected chi connectivity index (χ0v) is 35.4. The molecule has 1 saturated carbocycles. The average molecular weight is 837 g/mol. The van der Waals surface area contributed by atoms with E-state index in [0.717, 1.165) is 104 Å². The van der Waals surface area contributed by atoms with Crippen LogP contribution in [0, 0.1) is 5.92 Å². The number of imide groups is 1. The number of piperazine rings is 1. The van der Waals surface area contributed by atoms with Gasteiger partial charge in [-0.1, -0.05) is 6.07 Å². The number of carbonyl (C=O) groups is 4. The van der Waals surface area contributed by atoms with Gasteiger partial charge in [-0.15, -0.1) is 0 Å². The van der Waals surface area contributed by atoms with Gasteiger partial charge in [-0.2, -0.15) is 0 Å². The van der Waals surface area contributed by atoms with Crippen LogP contribution in [0.4, 0.5) is 10.5 Å². The van der Waals surface area contributed by atoms with Gasteiger partial charge >= 0.3 is 6.03 Å². The van der Waals surface area contributed by atoms with Gasteiger partial charge in [-0.05, 0) is 86.4 Å². The SMILES string of the molecule is CNC(=O)N1CCc2c(-c3cc(OC)c(CN4CCN(CCC5CCN(c6ccc7c(c6)C(=O)N(C6CCC(=O)NC6=O)C7O)CC5)C5CC54)c(OC)c3)cn(C)c(=O)c2C1. The van der Waals surface area contributed by atoms with Gasteiger partial charge in [-0.3, -0.25) is 39.2 Å². The van der Waals surface area contributed by atoms with Crippen molar-refractivity contribution in [3.8, 4) is 22.6 Å². The predicted molar refractivity (Wildman–Crippen MR) is 226 cm³/mol. The number of ether oxygens (including phenoxy) is 2. The first kappa shape index (κ1) is 40.9. The summed E-state index contributed by atoms with van der Waals surface area (Å²) in [6.45, 7) is 6.32. The molecule has 4 unspecified atom stereocenters. The van der Waals surface area contributed by atoms with E-state index in [2.05, 4.69) is 37.5 Å². The number of aryl methyl sites for hydroxylation is 1. The van der Waals surface area contributed by atoms with Crippen molar-refractivity contribution in [3.05, 3.63) is 74.7 Å². The Morgan fingerprint density at radius 3 is 2.31 bits per heavy atom. The van der Waals surface area contributed by atoms with Gasteiger partial charge < -0.3 is 34.3 Å². The average Bonchev–Trinajstić information content (AvgIpc) is 4.05. The number of aliphatic hydroxyl groups is 1. The Balaban J connectivity index is 0.795. The number of aromatic nitrogens is 1. The molecule has 16 nitrogen and oxygen atoms in total. The van der Waals surface area contributed by atoms with Crippen LogP contribution in [0.5, 0.6) is 11.5 Å². The van der Waals surface area contributed by atoms with E-state index in [1.54, 1.807) is 43.8 Å². The molecule has 2 aromatic carbocycles. The molecule has 6 heterocycles. The lowest BCUT2D eigenvalue weighted by Gasteiger charge is -2.37. The summed E-state index contributed by atoms with van der Waals surface area (Å²) in [5.74, 6) is 0.846. The third kappa shape index (κ3) is 7.52. The van der Waals surface area contributed by atoms with Crippen molar-refractivity contribution in [1.82, 2.24) is 34.8 Å². The number of pyridine rings is 1. The number of hydrogen-bond donors (Lipinski definition) is 3. The molecule has 4 fully saturated rings. The van der Waals surface area contributed by atoms with Gasteiger partial charge in [-0.25, -0.2) is 4.79 Å². The number of benzene rings is 2. The van der Waals surface area contributed by atoms with Crippen molar-refractivity contribution >= 4 is 29.4 Å². The highest BCUT2D eigenvalue weighted by atomic mass is 16.5. The lowest BCUT2D eigenvalue weighted by Crippen LogP contribution is -2.53. The minimum Gasteiger partial charge on any atom is -0.496 e.